The molecule has 0 saturated carbocycles. The van der Waals surface area contributed by atoms with Crippen molar-refractivity contribution in [3.63, 3.8) is 0 Å². The van der Waals surface area contributed by atoms with Crippen molar-refractivity contribution in [1.29, 1.82) is 0 Å². The molecule has 0 amide bonds. The summed E-state index contributed by atoms with van der Waals surface area (Å²) in [5, 5.41) is 36.1. The number of nitrogens with zero attached hydrogens (tertiary/aromatic N) is 1. The maximum Gasteiger partial charge on any atom is 0.324 e. The number of Topliss-reactive ketones (excluding diaryl/α,β-unsaturated/α-hetero) is 1. The summed E-state index contributed by atoms with van der Waals surface area (Å²) >= 11 is 0. The first-order valence-corrected chi connectivity index (χ1v) is 22.0. The second-order valence-corrected chi connectivity index (χ2v) is 18.8. The SMILES string of the molecule is C#CCCN(C)[C@H]1C[C@@H](C)O[C@@H](O[C@@H]2[C@@H](C)C([C@H]3C[C@@](C)(OC)[C@@H](O)[C@H](C)O3)[C@@H](C)C(=O)O[C@H](CC)[C@@]3(C)OC(=O)C(NCCO)[C@@H]3[C@@H](C)C(=O)[C@H](C)C[C@@]2(C)OC)[C@@H]1O. The van der Waals surface area contributed by atoms with Gasteiger partial charge in [0.15, 0.2) is 11.9 Å². The van der Waals surface area contributed by atoms with Crippen LogP contribution in [0.25, 0.3) is 0 Å². The Kier molecular flexibility index (Phi) is 17.2. The minimum absolute atomic E-state index is 0.0833. The minimum Gasteiger partial charge on any atom is -0.458 e. The van der Waals surface area contributed by atoms with Gasteiger partial charge in [-0.15, -0.1) is 12.3 Å². The number of methoxy groups -OCH3 is 2. The number of cyclic esters (lactones) is 1. The third-order valence-electron chi connectivity index (χ3n) is 14.7. The first-order chi connectivity index (χ1) is 28.1. The number of carbonyl (C=O) groups is 3. The van der Waals surface area contributed by atoms with Crippen molar-refractivity contribution in [1.82, 2.24) is 10.2 Å². The number of rotatable bonds is 12. The van der Waals surface area contributed by atoms with E-state index >= 15 is 0 Å². The number of hydrogen-bond acceptors (Lipinski definition) is 15. The van der Waals surface area contributed by atoms with Crippen LogP contribution in [0.1, 0.15) is 101 Å². The van der Waals surface area contributed by atoms with Gasteiger partial charge in [-0.05, 0) is 66.8 Å². The fraction of sp³-hybridized carbons (Fsp3) is 0.889. The Hall–Kier alpha value is -2.23. The smallest absolute Gasteiger partial charge is 0.324 e. The van der Waals surface area contributed by atoms with Crippen molar-refractivity contribution < 1.29 is 62.9 Å². The van der Waals surface area contributed by atoms with Crippen molar-refractivity contribution in [2.45, 2.75) is 179 Å². The summed E-state index contributed by atoms with van der Waals surface area (Å²) < 4.78 is 45.1. The number of carbonyl (C=O) groups excluding carboxylic acids is 3. The minimum atomic E-state index is -1.41. The molecule has 0 aromatic heterocycles. The van der Waals surface area contributed by atoms with Crippen molar-refractivity contribution in [3.8, 4) is 12.3 Å². The molecule has 4 heterocycles. The van der Waals surface area contributed by atoms with Gasteiger partial charge in [-0.2, -0.15) is 0 Å². The first-order valence-electron chi connectivity index (χ1n) is 22.0. The highest BCUT2D eigenvalue weighted by Crippen LogP contribution is 2.48. The molecule has 0 radical (unpaired) electrons. The van der Waals surface area contributed by atoms with Gasteiger partial charge in [0, 0.05) is 69.9 Å². The number of hydrogen-bond donors (Lipinski definition) is 4. The van der Waals surface area contributed by atoms with E-state index in [4.69, 9.17) is 39.6 Å². The van der Waals surface area contributed by atoms with Gasteiger partial charge in [-0.3, -0.25) is 19.3 Å². The Morgan fingerprint density at radius 3 is 2.18 bits per heavy atom. The number of esters is 2. The first kappa shape index (κ1) is 50.4. The molecule has 4 N–H and O–H groups in total. The Morgan fingerprint density at radius 2 is 1.60 bits per heavy atom. The summed E-state index contributed by atoms with van der Waals surface area (Å²) in [4.78, 5) is 45.4. The zero-order valence-electron chi connectivity index (χ0n) is 38.3. The maximum absolute atomic E-state index is 14.8. The van der Waals surface area contributed by atoms with Gasteiger partial charge in [-0.25, -0.2) is 0 Å². The lowest BCUT2D eigenvalue weighted by atomic mass is 9.66. The Bertz CT molecular complexity index is 1510. The molecule has 15 nitrogen and oxygen atoms in total. The summed E-state index contributed by atoms with van der Waals surface area (Å²) in [6.45, 7) is 18.6. The van der Waals surface area contributed by atoms with Crippen LogP contribution in [0.2, 0.25) is 0 Å². The van der Waals surface area contributed by atoms with Gasteiger partial charge in [-0.1, -0.05) is 34.6 Å². The summed E-state index contributed by atoms with van der Waals surface area (Å²) in [6, 6.07) is -1.31. The van der Waals surface area contributed by atoms with Gasteiger partial charge < -0.3 is 53.8 Å². The molecule has 4 saturated heterocycles. The molecule has 0 spiro atoms. The monoisotopic (exact) mass is 853 g/mol. The molecular weight excluding hydrogens is 776 g/mol. The number of aliphatic hydroxyl groups excluding tert-OH is 3. The normalized spacial score (nSPS) is 46.0. The van der Waals surface area contributed by atoms with Crippen molar-refractivity contribution >= 4 is 17.7 Å². The van der Waals surface area contributed by atoms with E-state index in [1.807, 2.05) is 53.5 Å². The molecule has 4 aliphatic heterocycles. The predicted octanol–water partition coefficient (Wildman–Crippen LogP) is 2.88. The van der Waals surface area contributed by atoms with E-state index in [1.54, 1.807) is 34.8 Å². The van der Waals surface area contributed by atoms with Crippen LogP contribution in [0, 0.1) is 47.9 Å². The summed E-state index contributed by atoms with van der Waals surface area (Å²) in [5.41, 5.74) is -3.70. The van der Waals surface area contributed by atoms with Gasteiger partial charge >= 0.3 is 11.9 Å². The molecule has 0 aromatic rings. The van der Waals surface area contributed by atoms with Crippen LogP contribution in [0.5, 0.6) is 0 Å². The number of ether oxygens (including phenoxy) is 7. The molecular formula is C45H76N2O13. The molecule has 0 aliphatic carbocycles. The molecule has 344 valence electrons. The van der Waals surface area contributed by atoms with Crippen LogP contribution < -0.4 is 5.32 Å². The highest BCUT2D eigenvalue weighted by Gasteiger charge is 2.62. The van der Waals surface area contributed by atoms with E-state index in [-0.39, 0.29) is 50.3 Å². The molecule has 0 bridgehead atoms. The average Bonchev–Trinajstić information content (AvgIpc) is 3.47. The van der Waals surface area contributed by atoms with E-state index in [9.17, 15) is 29.7 Å². The van der Waals surface area contributed by atoms with E-state index < -0.39 is 113 Å². The van der Waals surface area contributed by atoms with Crippen LogP contribution in [-0.4, -0.2) is 157 Å². The quantitative estimate of drug-likeness (QED) is 0.166. The van der Waals surface area contributed by atoms with E-state index in [2.05, 4.69) is 11.2 Å². The standard InChI is InChI=1S/C45H76N2O13/c1-15-17-19-47(12)30-21-25(4)56-42(37(30)50)59-39-26(5)33(31-23-43(9,54-13)38(51)29(8)57-31)27(6)40(52)58-32(16-2)45(11)34(35(41(53)60-45)46-18-20-48)28(7)36(49)24(3)22-44(39,10)55-14/h1,24-35,37-39,42,46,48,50-51H,16-23H2,2-14H3/t24-,25-,26+,27-,28-,29+,30+,31-,32-,33?,34+,35?,37-,38+,39-,42+,43-,44-,45-/m1/s1. The Balaban J connectivity index is 1.93. The van der Waals surface area contributed by atoms with Crippen LogP contribution in [-0.2, 0) is 47.5 Å². The third kappa shape index (κ3) is 10.1. The number of terminal acetylenes is 1. The molecule has 0 aromatic carbocycles. The average molecular weight is 853 g/mol. The highest BCUT2D eigenvalue weighted by molar-refractivity contribution is 5.87. The molecule has 60 heavy (non-hydrogen) atoms. The number of aliphatic hydroxyl groups is 3. The number of fused-ring (bicyclic) bond motifs is 1. The summed E-state index contributed by atoms with van der Waals surface area (Å²) in [6.07, 6.45) is 0.479. The van der Waals surface area contributed by atoms with Crippen molar-refractivity contribution in [3.05, 3.63) is 0 Å². The van der Waals surface area contributed by atoms with Gasteiger partial charge in [0.05, 0.1) is 48.1 Å². The highest BCUT2D eigenvalue weighted by atomic mass is 16.7. The Morgan fingerprint density at radius 1 is 0.950 bits per heavy atom. The van der Waals surface area contributed by atoms with Crippen LogP contribution >= 0.6 is 0 Å². The zero-order chi connectivity index (χ0) is 45.1. The van der Waals surface area contributed by atoms with E-state index in [1.165, 1.54) is 7.11 Å². The fourth-order valence-electron chi connectivity index (χ4n) is 11.1. The number of likely N-dealkylation sites (N-methyl/N-ethyl adjacent to an activating group) is 1. The van der Waals surface area contributed by atoms with Crippen LogP contribution in [0.3, 0.4) is 0 Å². The fourth-order valence-corrected chi connectivity index (χ4v) is 11.1. The zero-order valence-corrected chi connectivity index (χ0v) is 38.3. The summed E-state index contributed by atoms with van der Waals surface area (Å²) in [7, 11) is 5.00. The second kappa shape index (κ2) is 20.5. The topological polar surface area (TPSA) is 192 Å². The maximum atomic E-state index is 14.8. The summed E-state index contributed by atoms with van der Waals surface area (Å²) in [5.74, 6) is -3.05. The lowest BCUT2D eigenvalue weighted by Crippen LogP contribution is -2.62. The van der Waals surface area contributed by atoms with Crippen LogP contribution in [0.15, 0.2) is 0 Å². The molecule has 15 heteroatoms. The third-order valence-corrected chi connectivity index (χ3v) is 14.7. The van der Waals surface area contributed by atoms with Gasteiger partial charge in [0.2, 0.25) is 0 Å². The largest absolute Gasteiger partial charge is 0.458 e. The molecule has 4 aliphatic rings. The molecule has 2 unspecified atom stereocenters. The predicted molar refractivity (Wildman–Crippen MR) is 222 cm³/mol. The Labute approximate surface area is 358 Å². The van der Waals surface area contributed by atoms with Gasteiger partial charge in [0.25, 0.3) is 0 Å². The molecule has 4 rings (SSSR count). The lowest BCUT2D eigenvalue weighted by molar-refractivity contribution is -0.305. The van der Waals surface area contributed by atoms with Gasteiger partial charge in [0.1, 0.15) is 30.1 Å². The van der Waals surface area contributed by atoms with E-state index in [0.717, 1.165) is 0 Å². The molecule has 4 fully saturated rings. The number of nitrogens with one attached hydrogen (secondary N) is 1. The van der Waals surface area contributed by atoms with Crippen molar-refractivity contribution in [2.75, 3.05) is 41.0 Å². The second-order valence-electron chi connectivity index (χ2n) is 18.8. The van der Waals surface area contributed by atoms with Crippen LogP contribution in [0.4, 0.5) is 0 Å². The number of ketones is 1. The van der Waals surface area contributed by atoms with Crippen molar-refractivity contribution in [2.24, 2.45) is 35.5 Å². The van der Waals surface area contributed by atoms with E-state index in [0.29, 0.717) is 19.4 Å². The lowest BCUT2D eigenvalue weighted by Gasteiger charge is -2.52. The molecule has 19 atom stereocenters.